The number of rotatable bonds is 2. The van der Waals surface area contributed by atoms with Crippen LogP contribution in [0.4, 0.5) is 0 Å². The van der Waals surface area contributed by atoms with Crippen molar-refractivity contribution >= 4 is 11.0 Å². The smallest absolute Gasteiger partial charge is 0.138 e. The van der Waals surface area contributed by atoms with E-state index in [1.807, 2.05) is 24.3 Å². The van der Waals surface area contributed by atoms with Crippen molar-refractivity contribution in [3.05, 3.63) is 48.0 Å². The number of aliphatic hydroxyl groups is 1. The van der Waals surface area contributed by atoms with Crippen molar-refractivity contribution in [2.24, 2.45) is 0 Å². The third-order valence-electron chi connectivity index (χ3n) is 2.83. The molecule has 1 aliphatic heterocycles. The largest absolute Gasteiger partial charge is 0.495 e. The average molecular weight is 228 g/mol. The van der Waals surface area contributed by atoms with Gasteiger partial charge in [0.05, 0.1) is 17.6 Å². The first-order valence-corrected chi connectivity index (χ1v) is 5.57. The minimum absolute atomic E-state index is 0.614. The molecule has 86 valence electrons. The molecule has 1 N–H and O–H groups in total. The molecular formula is C13H12N2O2. The van der Waals surface area contributed by atoms with Crippen LogP contribution in [0, 0.1) is 0 Å². The number of aromatic nitrogens is 2. The summed E-state index contributed by atoms with van der Waals surface area (Å²) in [5.74, 6) is 0.614. The molecule has 0 amide bonds. The van der Waals surface area contributed by atoms with E-state index in [0.29, 0.717) is 12.4 Å². The standard InChI is InChI=1S/C13H12N2O2/c16-13(11-5-2-8-17-11)9-3-1-4-10-12(9)15-7-6-14-10/h1,3-7,13,16H,2,8H2. The maximum atomic E-state index is 10.3. The van der Waals surface area contributed by atoms with Gasteiger partial charge >= 0.3 is 0 Å². The Morgan fingerprint density at radius 3 is 2.94 bits per heavy atom. The Bertz CT molecular complexity index is 575. The number of hydrogen-bond acceptors (Lipinski definition) is 4. The fourth-order valence-electron chi connectivity index (χ4n) is 2.02. The summed E-state index contributed by atoms with van der Waals surface area (Å²) in [5, 5.41) is 10.3. The monoisotopic (exact) mass is 228 g/mol. The van der Waals surface area contributed by atoms with Crippen LogP contribution >= 0.6 is 0 Å². The van der Waals surface area contributed by atoms with Crippen LogP contribution in [-0.4, -0.2) is 21.7 Å². The Hall–Kier alpha value is -1.94. The van der Waals surface area contributed by atoms with Gasteiger partial charge in [0, 0.05) is 24.4 Å². The molecule has 0 spiro atoms. The van der Waals surface area contributed by atoms with Crippen LogP contribution in [0.15, 0.2) is 42.4 Å². The van der Waals surface area contributed by atoms with Gasteiger partial charge in [-0.05, 0) is 12.1 Å². The molecule has 1 aromatic heterocycles. The van der Waals surface area contributed by atoms with E-state index in [9.17, 15) is 5.11 Å². The van der Waals surface area contributed by atoms with Gasteiger partial charge in [-0.2, -0.15) is 0 Å². The Morgan fingerprint density at radius 1 is 1.24 bits per heavy atom. The highest BCUT2D eigenvalue weighted by atomic mass is 16.5. The fraction of sp³-hybridized carbons (Fsp3) is 0.231. The number of aliphatic hydroxyl groups excluding tert-OH is 1. The summed E-state index contributed by atoms with van der Waals surface area (Å²) >= 11 is 0. The number of ether oxygens (including phenoxy) is 1. The van der Waals surface area contributed by atoms with E-state index in [0.717, 1.165) is 23.0 Å². The number of fused-ring (bicyclic) bond motifs is 1. The van der Waals surface area contributed by atoms with Crippen molar-refractivity contribution in [1.82, 2.24) is 9.97 Å². The van der Waals surface area contributed by atoms with Crippen LogP contribution in [0.25, 0.3) is 11.0 Å². The minimum Gasteiger partial charge on any atom is -0.495 e. The molecular weight excluding hydrogens is 216 g/mol. The third-order valence-corrected chi connectivity index (χ3v) is 2.83. The van der Waals surface area contributed by atoms with E-state index in [2.05, 4.69) is 9.97 Å². The van der Waals surface area contributed by atoms with Crippen LogP contribution in [-0.2, 0) is 4.74 Å². The molecule has 2 aromatic rings. The second-order valence-electron chi connectivity index (χ2n) is 3.92. The number of para-hydroxylation sites is 1. The average Bonchev–Trinajstić information content (AvgIpc) is 2.91. The number of hydrogen-bond donors (Lipinski definition) is 1. The molecule has 4 nitrogen and oxygen atoms in total. The highest BCUT2D eigenvalue weighted by molar-refractivity contribution is 5.78. The van der Waals surface area contributed by atoms with Crippen LogP contribution < -0.4 is 0 Å². The van der Waals surface area contributed by atoms with Gasteiger partial charge in [0.25, 0.3) is 0 Å². The van der Waals surface area contributed by atoms with Crippen LogP contribution in [0.5, 0.6) is 0 Å². The van der Waals surface area contributed by atoms with Gasteiger partial charge in [0.1, 0.15) is 11.9 Å². The minimum atomic E-state index is -0.752. The quantitative estimate of drug-likeness (QED) is 0.853. The van der Waals surface area contributed by atoms with Gasteiger partial charge in [0.2, 0.25) is 0 Å². The molecule has 0 bridgehead atoms. The van der Waals surface area contributed by atoms with Gasteiger partial charge in [-0.3, -0.25) is 9.97 Å². The summed E-state index contributed by atoms with van der Waals surface area (Å²) in [7, 11) is 0. The molecule has 0 saturated carbocycles. The summed E-state index contributed by atoms with van der Waals surface area (Å²) in [4.78, 5) is 8.49. The van der Waals surface area contributed by atoms with E-state index in [4.69, 9.17) is 4.74 Å². The van der Waals surface area contributed by atoms with E-state index in [-0.39, 0.29) is 0 Å². The zero-order chi connectivity index (χ0) is 11.7. The van der Waals surface area contributed by atoms with Crippen LogP contribution in [0.3, 0.4) is 0 Å². The summed E-state index contributed by atoms with van der Waals surface area (Å²) in [6, 6.07) is 5.59. The zero-order valence-corrected chi connectivity index (χ0v) is 9.21. The van der Waals surface area contributed by atoms with E-state index in [1.54, 1.807) is 12.4 Å². The van der Waals surface area contributed by atoms with Gasteiger partial charge < -0.3 is 9.84 Å². The molecule has 0 radical (unpaired) electrons. The first-order chi connectivity index (χ1) is 8.36. The van der Waals surface area contributed by atoms with Crippen molar-refractivity contribution in [3.8, 4) is 0 Å². The first kappa shape index (κ1) is 10.2. The Kier molecular flexibility index (Phi) is 2.49. The molecule has 1 unspecified atom stereocenters. The van der Waals surface area contributed by atoms with Crippen LogP contribution in [0.1, 0.15) is 18.1 Å². The maximum absolute atomic E-state index is 10.3. The molecule has 2 heterocycles. The molecule has 1 aliphatic rings. The summed E-state index contributed by atoms with van der Waals surface area (Å²) in [5.41, 5.74) is 2.24. The summed E-state index contributed by atoms with van der Waals surface area (Å²) in [6.07, 6.45) is 5.28. The van der Waals surface area contributed by atoms with Crippen molar-refractivity contribution in [2.45, 2.75) is 12.5 Å². The van der Waals surface area contributed by atoms with Crippen molar-refractivity contribution < 1.29 is 9.84 Å². The third kappa shape index (κ3) is 1.76. The number of nitrogens with zero attached hydrogens (tertiary/aromatic N) is 2. The maximum Gasteiger partial charge on any atom is 0.138 e. The normalized spacial score (nSPS) is 16.6. The molecule has 1 aromatic carbocycles. The lowest BCUT2D eigenvalue weighted by Crippen LogP contribution is -2.04. The topological polar surface area (TPSA) is 55.2 Å². The molecule has 0 saturated heterocycles. The first-order valence-electron chi connectivity index (χ1n) is 5.57. The molecule has 4 heteroatoms. The molecule has 0 fully saturated rings. The van der Waals surface area contributed by atoms with Crippen molar-refractivity contribution in [1.29, 1.82) is 0 Å². The predicted octanol–water partition coefficient (Wildman–Crippen LogP) is 1.97. The van der Waals surface area contributed by atoms with Gasteiger partial charge in [0.15, 0.2) is 0 Å². The lowest BCUT2D eigenvalue weighted by atomic mass is 10.1. The van der Waals surface area contributed by atoms with E-state index < -0.39 is 6.10 Å². The molecule has 1 atom stereocenters. The van der Waals surface area contributed by atoms with E-state index in [1.165, 1.54) is 0 Å². The van der Waals surface area contributed by atoms with Gasteiger partial charge in [-0.15, -0.1) is 0 Å². The van der Waals surface area contributed by atoms with Gasteiger partial charge in [-0.1, -0.05) is 12.1 Å². The number of benzene rings is 1. The lowest BCUT2D eigenvalue weighted by molar-refractivity contribution is 0.119. The fourth-order valence-corrected chi connectivity index (χ4v) is 2.02. The SMILES string of the molecule is OC(C1=CCCO1)c1cccc2nccnc12. The van der Waals surface area contributed by atoms with Crippen LogP contribution in [0.2, 0.25) is 0 Å². The molecule has 17 heavy (non-hydrogen) atoms. The Labute approximate surface area is 98.6 Å². The summed E-state index contributed by atoms with van der Waals surface area (Å²) in [6.45, 7) is 0.642. The zero-order valence-electron chi connectivity index (χ0n) is 9.21. The molecule has 0 aliphatic carbocycles. The second kappa shape index (κ2) is 4.14. The van der Waals surface area contributed by atoms with Crippen molar-refractivity contribution in [2.75, 3.05) is 6.61 Å². The predicted molar refractivity (Wildman–Crippen MR) is 63.1 cm³/mol. The van der Waals surface area contributed by atoms with E-state index >= 15 is 0 Å². The second-order valence-corrected chi connectivity index (χ2v) is 3.92. The van der Waals surface area contributed by atoms with Crippen molar-refractivity contribution in [3.63, 3.8) is 0 Å². The molecule has 3 rings (SSSR count). The summed E-state index contributed by atoms with van der Waals surface area (Å²) < 4.78 is 5.38. The highest BCUT2D eigenvalue weighted by Crippen LogP contribution is 2.29. The van der Waals surface area contributed by atoms with Gasteiger partial charge in [-0.25, -0.2) is 0 Å². The highest BCUT2D eigenvalue weighted by Gasteiger charge is 2.20. The Balaban J connectivity index is 2.10. The lowest BCUT2D eigenvalue weighted by Gasteiger charge is -2.13. The Morgan fingerprint density at radius 2 is 2.12 bits per heavy atom.